The predicted molar refractivity (Wildman–Crippen MR) is 142 cm³/mol. The maximum absolute atomic E-state index is 12.6. The van der Waals surface area contributed by atoms with E-state index in [0.29, 0.717) is 19.4 Å². The number of carbonyl (C=O) groups is 2. The molecule has 2 N–H and O–H groups in total. The van der Waals surface area contributed by atoms with Crippen molar-refractivity contribution in [2.75, 3.05) is 19.6 Å². The van der Waals surface area contributed by atoms with Gasteiger partial charge < -0.3 is 10.6 Å². The molecule has 7 heteroatoms. The Labute approximate surface area is 213 Å². The summed E-state index contributed by atoms with van der Waals surface area (Å²) in [6.45, 7) is 5.31. The van der Waals surface area contributed by atoms with Crippen molar-refractivity contribution in [1.82, 2.24) is 20.5 Å². The summed E-state index contributed by atoms with van der Waals surface area (Å²) in [5, 5.41) is 6.06. The van der Waals surface area contributed by atoms with E-state index >= 15 is 0 Å². The minimum absolute atomic E-state index is 0. The van der Waals surface area contributed by atoms with Gasteiger partial charge in [-0.2, -0.15) is 0 Å². The fourth-order valence-corrected chi connectivity index (χ4v) is 4.54. The first-order valence-corrected chi connectivity index (χ1v) is 13.4. The van der Waals surface area contributed by atoms with Crippen molar-refractivity contribution in [1.29, 1.82) is 0 Å². The van der Waals surface area contributed by atoms with Crippen LogP contribution in [0.1, 0.15) is 102 Å². The Kier molecular flexibility index (Phi) is 17.5. The van der Waals surface area contributed by atoms with Crippen LogP contribution in [0.25, 0.3) is 0 Å². The predicted octanol–water partition coefficient (Wildman–Crippen LogP) is 5.40. The Balaban J connectivity index is 0.00000578. The largest absolute Gasteiger partial charge is 0.356 e. The number of unbranched alkanes of at least 4 members (excludes halogenated alkanes) is 9. The molecule has 1 aliphatic heterocycles. The van der Waals surface area contributed by atoms with E-state index in [9.17, 15) is 9.59 Å². The van der Waals surface area contributed by atoms with E-state index in [0.717, 1.165) is 38.9 Å². The van der Waals surface area contributed by atoms with E-state index in [2.05, 4.69) is 27.4 Å². The lowest BCUT2D eigenvalue weighted by molar-refractivity contribution is -0.126. The number of likely N-dealkylation sites (tertiary alicyclic amines) is 1. The lowest BCUT2D eigenvalue weighted by Crippen LogP contribution is -2.43. The van der Waals surface area contributed by atoms with Crippen LogP contribution in [0, 0.1) is 0 Å². The molecule has 0 radical (unpaired) electrons. The van der Waals surface area contributed by atoms with Crippen LogP contribution >= 0.6 is 12.4 Å². The fourth-order valence-electron chi connectivity index (χ4n) is 4.54. The van der Waals surface area contributed by atoms with E-state index in [1.54, 1.807) is 12.4 Å². The third-order valence-corrected chi connectivity index (χ3v) is 6.53. The third-order valence-electron chi connectivity index (χ3n) is 6.53. The molecule has 1 fully saturated rings. The van der Waals surface area contributed by atoms with Gasteiger partial charge in [0, 0.05) is 38.4 Å². The van der Waals surface area contributed by atoms with Gasteiger partial charge in [-0.05, 0) is 49.9 Å². The molecular formula is C27H47ClN4O2. The van der Waals surface area contributed by atoms with Crippen LogP contribution in [0.5, 0.6) is 0 Å². The van der Waals surface area contributed by atoms with Crippen LogP contribution in [0.3, 0.4) is 0 Å². The molecule has 194 valence electrons. The van der Waals surface area contributed by atoms with Gasteiger partial charge in [0.25, 0.3) is 0 Å². The molecular weight excluding hydrogens is 448 g/mol. The molecule has 0 aromatic carbocycles. The normalized spacial score (nSPS) is 15.6. The fraction of sp³-hybridized carbons (Fsp3) is 0.741. The average molecular weight is 495 g/mol. The number of rotatable bonds is 18. The smallest absolute Gasteiger partial charge is 0.237 e. The number of hydrogen-bond acceptors (Lipinski definition) is 4. The van der Waals surface area contributed by atoms with E-state index in [1.807, 2.05) is 12.1 Å². The van der Waals surface area contributed by atoms with Gasteiger partial charge in [0.05, 0.1) is 6.04 Å². The second kappa shape index (κ2) is 19.6. The van der Waals surface area contributed by atoms with Crippen LogP contribution < -0.4 is 10.6 Å². The Hall–Kier alpha value is -1.66. The van der Waals surface area contributed by atoms with Crippen LogP contribution in [0.4, 0.5) is 0 Å². The molecule has 0 unspecified atom stereocenters. The number of amides is 2. The van der Waals surface area contributed by atoms with Gasteiger partial charge >= 0.3 is 0 Å². The van der Waals surface area contributed by atoms with Gasteiger partial charge in [-0.15, -0.1) is 12.4 Å². The second-order valence-electron chi connectivity index (χ2n) is 9.41. The molecule has 0 spiro atoms. The highest BCUT2D eigenvalue weighted by atomic mass is 35.5. The second-order valence-corrected chi connectivity index (χ2v) is 9.41. The minimum Gasteiger partial charge on any atom is -0.356 e. The Morgan fingerprint density at radius 1 is 0.912 bits per heavy atom. The summed E-state index contributed by atoms with van der Waals surface area (Å²) >= 11 is 0. The molecule has 1 aromatic rings. The molecule has 2 rings (SSSR count). The first-order valence-electron chi connectivity index (χ1n) is 13.4. The number of aromatic nitrogens is 1. The van der Waals surface area contributed by atoms with Crippen molar-refractivity contribution < 1.29 is 9.59 Å². The first-order chi connectivity index (χ1) is 16.2. The molecule has 1 atom stereocenters. The van der Waals surface area contributed by atoms with Crippen LogP contribution in [0.2, 0.25) is 0 Å². The van der Waals surface area contributed by atoms with Crippen molar-refractivity contribution in [3.63, 3.8) is 0 Å². The van der Waals surface area contributed by atoms with Gasteiger partial charge in [-0.25, -0.2) is 0 Å². The molecule has 1 aromatic heterocycles. The van der Waals surface area contributed by atoms with Crippen molar-refractivity contribution in [2.24, 2.45) is 0 Å². The number of pyridine rings is 1. The van der Waals surface area contributed by atoms with Crippen LogP contribution in [-0.2, 0) is 16.1 Å². The summed E-state index contributed by atoms with van der Waals surface area (Å²) in [5.41, 5.74) is 1.18. The third kappa shape index (κ3) is 13.3. The number of nitrogens with zero attached hydrogens (tertiary/aromatic N) is 2. The molecule has 2 amide bonds. The zero-order chi connectivity index (χ0) is 23.6. The summed E-state index contributed by atoms with van der Waals surface area (Å²) < 4.78 is 0. The Bertz CT molecular complexity index is 659. The van der Waals surface area contributed by atoms with Gasteiger partial charge in [0.2, 0.25) is 11.8 Å². The maximum Gasteiger partial charge on any atom is 0.237 e. The summed E-state index contributed by atoms with van der Waals surface area (Å²) in [5.74, 6) is 0.188. The van der Waals surface area contributed by atoms with E-state index in [-0.39, 0.29) is 30.3 Å². The van der Waals surface area contributed by atoms with Crippen LogP contribution in [0.15, 0.2) is 24.5 Å². The Morgan fingerprint density at radius 3 is 2.21 bits per heavy atom. The summed E-state index contributed by atoms with van der Waals surface area (Å²) in [6, 6.07) is 3.94. The van der Waals surface area contributed by atoms with Gasteiger partial charge in [-0.3, -0.25) is 19.5 Å². The van der Waals surface area contributed by atoms with Gasteiger partial charge in [-0.1, -0.05) is 64.7 Å². The Morgan fingerprint density at radius 2 is 1.53 bits per heavy atom. The van der Waals surface area contributed by atoms with Crippen molar-refractivity contribution in [2.45, 2.75) is 109 Å². The zero-order valence-electron chi connectivity index (χ0n) is 21.2. The lowest BCUT2D eigenvalue weighted by atomic mass is 10.1. The summed E-state index contributed by atoms with van der Waals surface area (Å²) in [4.78, 5) is 30.9. The molecule has 1 saturated heterocycles. The molecule has 1 aliphatic rings. The number of carbonyl (C=O) groups excluding carboxylic acids is 2. The van der Waals surface area contributed by atoms with Crippen molar-refractivity contribution in [3.8, 4) is 0 Å². The number of hydrogen-bond donors (Lipinski definition) is 2. The highest BCUT2D eigenvalue weighted by Gasteiger charge is 2.30. The minimum atomic E-state index is -0.0664. The topological polar surface area (TPSA) is 74.3 Å². The van der Waals surface area contributed by atoms with E-state index in [4.69, 9.17) is 0 Å². The van der Waals surface area contributed by atoms with Crippen LogP contribution in [-0.4, -0.2) is 47.4 Å². The first kappa shape index (κ1) is 30.4. The summed E-state index contributed by atoms with van der Waals surface area (Å²) in [6.07, 6.45) is 19.7. The summed E-state index contributed by atoms with van der Waals surface area (Å²) in [7, 11) is 0. The van der Waals surface area contributed by atoms with Gasteiger partial charge in [0.1, 0.15) is 0 Å². The number of halogens is 1. The quantitative estimate of drug-likeness (QED) is 0.268. The van der Waals surface area contributed by atoms with E-state index in [1.165, 1.54) is 63.4 Å². The molecule has 0 saturated carbocycles. The molecule has 6 nitrogen and oxygen atoms in total. The monoisotopic (exact) mass is 494 g/mol. The molecule has 0 bridgehead atoms. The SMILES string of the molecule is CCCCCCCCCCCCNC(=O)CCCNC(=O)[C@@H]1CCCN1Cc1ccncc1.Cl. The molecule has 0 aliphatic carbocycles. The van der Waals surface area contributed by atoms with Crippen molar-refractivity contribution >= 4 is 24.2 Å². The standard InChI is InChI=1S/C27H46N4O2.ClH/c1-2-3-4-5-6-7-8-9-10-11-18-29-26(32)15-12-19-30-27(33)25-14-13-22-31(25)23-24-16-20-28-21-17-24;/h16-17,20-21,25H,2-15,18-19,22-23H2,1H3,(H,29,32)(H,30,33);1H/t25-;/m0./s1. The lowest BCUT2D eigenvalue weighted by Gasteiger charge is -2.23. The molecule has 34 heavy (non-hydrogen) atoms. The maximum atomic E-state index is 12.6. The molecule has 2 heterocycles. The highest BCUT2D eigenvalue weighted by molar-refractivity contribution is 5.85. The van der Waals surface area contributed by atoms with Crippen molar-refractivity contribution in [3.05, 3.63) is 30.1 Å². The average Bonchev–Trinajstić information content (AvgIpc) is 3.29. The zero-order valence-corrected chi connectivity index (χ0v) is 22.1. The highest BCUT2D eigenvalue weighted by Crippen LogP contribution is 2.20. The van der Waals surface area contributed by atoms with Gasteiger partial charge in [0.15, 0.2) is 0 Å². The van der Waals surface area contributed by atoms with E-state index < -0.39 is 0 Å². The number of nitrogens with one attached hydrogen (secondary N) is 2.